The van der Waals surface area contributed by atoms with E-state index in [0.717, 1.165) is 0 Å². The lowest BCUT2D eigenvalue weighted by atomic mass is 9.27. The van der Waals surface area contributed by atoms with Gasteiger partial charge in [-0.2, -0.15) is 0 Å². The van der Waals surface area contributed by atoms with Crippen LogP contribution in [-0.2, 0) is 19.1 Å². The summed E-state index contributed by atoms with van der Waals surface area (Å²) in [6.45, 7) is 5.81. The van der Waals surface area contributed by atoms with Crippen molar-refractivity contribution < 1.29 is 34.4 Å². The van der Waals surface area contributed by atoms with Gasteiger partial charge in [-0.1, -0.05) is 26.0 Å². The maximum atomic E-state index is 13.0. The Hall–Kier alpha value is -1.73. The van der Waals surface area contributed by atoms with Gasteiger partial charge in [-0.3, -0.25) is 14.4 Å². The van der Waals surface area contributed by atoms with Crippen molar-refractivity contribution in [2.24, 2.45) is 45.3 Å². The highest BCUT2D eigenvalue weighted by atomic mass is 16.6. The Morgan fingerprint density at radius 3 is 2.28 bits per heavy atom. The summed E-state index contributed by atoms with van der Waals surface area (Å²) >= 11 is 0. The molecule has 3 spiro atoms. The van der Waals surface area contributed by atoms with Crippen molar-refractivity contribution >= 4 is 17.7 Å². The van der Waals surface area contributed by atoms with Gasteiger partial charge in [-0.05, 0) is 56.8 Å². The number of Topliss-reactive ketones (excluding diaryl/α,β-unsaturated/α-hetero) is 1. The molecule has 5 fully saturated rings. The number of aliphatic carboxylic acids is 2. The number of ether oxygens (including phenoxy) is 1. The minimum absolute atomic E-state index is 0.123. The summed E-state index contributed by atoms with van der Waals surface area (Å²) in [6, 6.07) is 0. The number of carbonyl (C=O) groups excluding carboxylic acids is 1. The van der Waals surface area contributed by atoms with Gasteiger partial charge in [0.15, 0.2) is 0 Å². The molecule has 1 heterocycles. The van der Waals surface area contributed by atoms with Crippen molar-refractivity contribution in [3.8, 4) is 0 Å². The molecular formula is C25H32O7. The van der Waals surface area contributed by atoms with Gasteiger partial charge in [0, 0.05) is 22.2 Å². The van der Waals surface area contributed by atoms with E-state index in [-0.39, 0.29) is 30.1 Å². The number of carboxylic acid groups (broad SMARTS) is 2. The van der Waals surface area contributed by atoms with Gasteiger partial charge in [0.1, 0.15) is 11.4 Å². The molecule has 3 N–H and O–H groups in total. The molecule has 1 aliphatic heterocycles. The molecule has 7 aliphatic rings. The molecule has 11 unspecified atom stereocenters. The zero-order valence-electron chi connectivity index (χ0n) is 18.8. The number of carbonyl (C=O) groups is 3. The lowest BCUT2D eigenvalue weighted by Gasteiger charge is -2.73. The van der Waals surface area contributed by atoms with Crippen LogP contribution in [0.3, 0.4) is 0 Å². The molecule has 2 bridgehead atoms. The third-order valence-electron chi connectivity index (χ3n) is 11.4. The van der Waals surface area contributed by atoms with E-state index in [9.17, 15) is 29.7 Å². The molecule has 6 aliphatic carbocycles. The number of carboxylic acids is 2. The zero-order chi connectivity index (χ0) is 23.1. The first-order valence-electron chi connectivity index (χ1n) is 12.0. The van der Waals surface area contributed by atoms with Crippen molar-refractivity contribution in [2.45, 2.75) is 77.1 Å². The van der Waals surface area contributed by atoms with E-state index in [1.165, 1.54) is 0 Å². The number of epoxide rings is 1. The first-order valence-corrected chi connectivity index (χ1v) is 12.0. The minimum atomic E-state index is -1.15. The summed E-state index contributed by atoms with van der Waals surface area (Å²) in [6.07, 6.45) is 6.62. The molecule has 174 valence electrons. The van der Waals surface area contributed by atoms with Crippen LogP contribution >= 0.6 is 0 Å². The molecule has 4 saturated carbocycles. The second kappa shape index (κ2) is 5.66. The van der Waals surface area contributed by atoms with Crippen LogP contribution in [0.4, 0.5) is 0 Å². The molecule has 32 heavy (non-hydrogen) atoms. The average molecular weight is 445 g/mol. The highest BCUT2D eigenvalue weighted by molar-refractivity contribution is 5.85. The number of hydrogen-bond acceptors (Lipinski definition) is 5. The number of rotatable bonds is 3. The summed E-state index contributed by atoms with van der Waals surface area (Å²) < 4.78 is 6.63. The second-order valence-corrected chi connectivity index (χ2v) is 12.0. The SMILES string of the molecule is CC(=O)C1CCC2C1(C)CC1OC13C21C=CC2(CC(O)CCC23C)C(C(=O)O)C1C(=O)O. The molecule has 0 amide bonds. The zero-order valence-corrected chi connectivity index (χ0v) is 18.8. The molecule has 0 aromatic rings. The van der Waals surface area contributed by atoms with Gasteiger partial charge in [0.2, 0.25) is 0 Å². The first-order chi connectivity index (χ1) is 14.9. The number of fused-ring (bicyclic) bond motifs is 2. The van der Waals surface area contributed by atoms with Crippen molar-refractivity contribution in [3.05, 3.63) is 12.2 Å². The van der Waals surface area contributed by atoms with Crippen molar-refractivity contribution in [1.29, 1.82) is 0 Å². The molecule has 0 radical (unpaired) electrons. The fraction of sp³-hybridized carbons (Fsp3) is 0.800. The van der Waals surface area contributed by atoms with Crippen LogP contribution in [0.5, 0.6) is 0 Å². The van der Waals surface area contributed by atoms with Gasteiger partial charge in [-0.15, -0.1) is 0 Å². The number of aliphatic hydroxyl groups excluding tert-OH is 1. The molecular weight excluding hydrogens is 412 g/mol. The lowest BCUT2D eigenvalue weighted by Crippen LogP contribution is -2.78. The smallest absolute Gasteiger partial charge is 0.308 e. The monoisotopic (exact) mass is 444 g/mol. The Morgan fingerprint density at radius 1 is 0.969 bits per heavy atom. The van der Waals surface area contributed by atoms with Crippen LogP contribution in [0.25, 0.3) is 0 Å². The molecule has 0 aromatic heterocycles. The van der Waals surface area contributed by atoms with Gasteiger partial charge in [0.25, 0.3) is 0 Å². The lowest BCUT2D eigenvalue weighted by molar-refractivity contribution is -0.252. The number of allylic oxidation sites excluding steroid dienone is 1. The van der Waals surface area contributed by atoms with Gasteiger partial charge in [0.05, 0.1) is 24.0 Å². The topological polar surface area (TPSA) is 124 Å². The molecule has 7 rings (SSSR count). The second-order valence-electron chi connectivity index (χ2n) is 12.0. The summed E-state index contributed by atoms with van der Waals surface area (Å²) in [4.78, 5) is 38.4. The maximum absolute atomic E-state index is 13.0. The third-order valence-corrected chi connectivity index (χ3v) is 11.4. The van der Waals surface area contributed by atoms with Gasteiger partial charge >= 0.3 is 11.9 Å². The molecule has 7 nitrogen and oxygen atoms in total. The Morgan fingerprint density at radius 2 is 1.66 bits per heavy atom. The van der Waals surface area contributed by atoms with E-state index in [0.29, 0.717) is 32.1 Å². The molecule has 0 aromatic carbocycles. The van der Waals surface area contributed by atoms with E-state index in [2.05, 4.69) is 13.8 Å². The van der Waals surface area contributed by atoms with E-state index < -0.39 is 57.1 Å². The Bertz CT molecular complexity index is 989. The maximum Gasteiger partial charge on any atom is 0.308 e. The van der Waals surface area contributed by atoms with Crippen LogP contribution in [0, 0.1) is 45.3 Å². The third kappa shape index (κ3) is 1.79. The Kier molecular flexibility index (Phi) is 3.69. The summed E-state index contributed by atoms with van der Waals surface area (Å²) in [5.74, 6) is -4.68. The van der Waals surface area contributed by atoms with E-state index in [1.54, 1.807) is 6.92 Å². The van der Waals surface area contributed by atoms with Crippen LogP contribution in [0.1, 0.15) is 59.3 Å². The van der Waals surface area contributed by atoms with E-state index >= 15 is 0 Å². The largest absolute Gasteiger partial charge is 0.481 e. The Balaban J connectivity index is 1.66. The first kappa shape index (κ1) is 20.8. The molecule has 1 saturated heterocycles. The van der Waals surface area contributed by atoms with Gasteiger partial charge in [-0.25, -0.2) is 0 Å². The van der Waals surface area contributed by atoms with Crippen molar-refractivity contribution in [2.75, 3.05) is 0 Å². The summed E-state index contributed by atoms with van der Waals surface area (Å²) in [5.41, 5.74) is -3.69. The fourth-order valence-electron chi connectivity index (χ4n) is 10.5. The van der Waals surface area contributed by atoms with Crippen LogP contribution < -0.4 is 0 Å². The number of aliphatic hydroxyl groups is 1. The highest BCUT2D eigenvalue weighted by Crippen LogP contribution is 2.87. The van der Waals surface area contributed by atoms with Gasteiger partial charge < -0.3 is 20.1 Å². The quantitative estimate of drug-likeness (QED) is 0.451. The minimum Gasteiger partial charge on any atom is -0.481 e. The predicted octanol–water partition coefficient (Wildman–Crippen LogP) is 2.66. The average Bonchev–Trinajstić information content (AvgIpc) is 3.31. The summed E-state index contributed by atoms with van der Waals surface area (Å²) in [7, 11) is 0. The standard InChI is InChI=1S/C25H32O7/c1-12(26)14-4-5-15-21(14,2)11-16-25(32-16)22(3)7-6-13(27)10-23(22)8-9-24(15,25)18(20(30)31)17(23)19(28)29/h8-9,13-18,27H,4-7,10-11H2,1-3H3,(H,28,29)(H,30,31). The fourth-order valence-corrected chi connectivity index (χ4v) is 10.5. The Labute approximate surface area is 187 Å². The number of hydrogen-bond donors (Lipinski definition) is 3. The van der Waals surface area contributed by atoms with Crippen LogP contribution in [0.2, 0.25) is 0 Å². The van der Waals surface area contributed by atoms with Crippen molar-refractivity contribution in [1.82, 2.24) is 0 Å². The normalized spacial score (nSPS) is 58.9. The molecule has 7 heteroatoms. The highest BCUT2D eigenvalue weighted by Gasteiger charge is 2.93. The van der Waals surface area contributed by atoms with Crippen molar-refractivity contribution in [3.63, 3.8) is 0 Å². The van der Waals surface area contributed by atoms with E-state index in [1.807, 2.05) is 12.2 Å². The van der Waals surface area contributed by atoms with Crippen LogP contribution in [0.15, 0.2) is 12.2 Å². The van der Waals surface area contributed by atoms with Crippen LogP contribution in [-0.4, -0.2) is 50.9 Å². The molecule has 11 atom stereocenters. The predicted molar refractivity (Wildman–Crippen MR) is 111 cm³/mol. The van der Waals surface area contributed by atoms with E-state index in [4.69, 9.17) is 4.74 Å². The summed E-state index contributed by atoms with van der Waals surface area (Å²) in [5, 5.41) is 31.7. The number of ketones is 1.